The highest BCUT2D eigenvalue weighted by atomic mass is 35.5. The SMILES string of the molecule is Cn1ccc2cc(C(=O)Nc3c(Cl)cccc3Cl)ccc21. The molecule has 21 heavy (non-hydrogen) atoms. The van der Waals surface area contributed by atoms with Gasteiger partial charge >= 0.3 is 0 Å². The summed E-state index contributed by atoms with van der Waals surface area (Å²) in [5, 5.41) is 4.59. The fraction of sp³-hybridized carbons (Fsp3) is 0.0625. The topological polar surface area (TPSA) is 34.0 Å². The van der Waals surface area contributed by atoms with Gasteiger partial charge in [0.2, 0.25) is 0 Å². The van der Waals surface area contributed by atoms with Crippen LogP contribution < -0.4 is 5.32 Å². The Hall–Kier alpha value is -1.97. The summed E-state index contributed by atoms with van der Waals surface area (Å²) in [4.78, 5) is 12.3. The Morgan fingerprint density at radius 2 is 1.81 bits per heavy atom. The third kappa shape index (κ3) is 2.62. The van der Waals surface area contributed by atoms with Gasteiger partial charge in [0.05, 0.1) is 15.7 Å². The number of anilines is 1. The van der Waals surface area contributed by atoms with Gasteiger partial charge in [0.15, 0.2) is 0 Å². The summed E-state index contributed by atoms with van der Waals surface area (Å²) in [6.45, 7) is 0. The highest BCUT2D eigenvalue weighted by Gasteiger charge is 2.12. The maximum atomic E-state index is 12.3. The minimum Gasteiger partial charge on any atom is -0.351 e. The monoisotopic (exact) mass is 318 g/mol. The molecule has 0 radical (unpaired) electrons. The van der Waals surface area contributed by atoms with Crippen LogP contribution >= 0.6 is 23.2 Å². The van der Waals surface area contributed by atoms with Crippen molar-refractivity contribution in [3.8, 4) is 0 Å². The van der Waals surface area contributed by atoms with Gasteiger partial charge in [0.1, 0.15) is 0 Å². The number of para-hydroxylation sites is 1. The van der Waals surface area contributed by atoms with Gasteiger partial charge in [-0.15, -0.1) is 0 Å². The fourth-order valence-electron chi connectivity index (χ4n) is 2.23. The van der Waals surface area contributed by atoms with Crippen LogP contribution in [0.15, 0.2) is 48.7 Å². The van der Waals surface area contributed by atoms with E-state index < -0.39 is 0 Å². The smallest absolute Gasteiger partial charge is 0.255 e. The lowest BCUT2D eigenvalue weighted by Crippen LogP contribution is -2.12. The molecule has 0 spiro atoms. The summed E-state index contributed by atoms with van der Waals surface area (Å²) >= 11 is 12.1. The van der Waals surface area contributed by atoms with Crippen LogP contribution in [0.25, 0.3) is 10.9 Å². The van der Waals surface area contributed by atoms with Crippen LogP contribution in [0, 0.1) is 0 Å². The number of fused-ring (bicyclic) bond motifs is 1. The van der Waals surface area contributed by atoms with Crippen LogP contribution in [0.1, 0.15) is 10.4 Å². The van der Waals surface area contributed by atoms with E-state index >= 15 is 0 Å². The van der Waals surface area contributed by atoms with E-state index in [1.807, 2.05) is 36.0 Å². The zero-order valence-electron chi connectivity index (χ0n) is 11.2. The second-order valence-corrected chi connectivity index (χ2v) is 5.57. The molecule has 5 heteroatoms. The van der Waals surface area contributed by atoms with Gasteiger partial charge in [0, 0.05) is 29.7 Å². The maximum absolute atomic E-state index is 12.3. The molecule has 3 rings (SSSR count). The Morgan fingerprint density at radius 1 is 1.10 bits per heavy atom. The Morgan fingerprint density at radius 3 is 2.52 bits per heavy atom. The van der Waals surface area contributed by atoms with E-state index in [2.05, 4.69) is 5.32 Å². The molecule has 0 bridgehead atoms. The highest BCUT2D eigenvalue weighted by Crippen LogP contribution is 2.30. The number of nitrogens with one attached hydrogen (secondary N) is 1. The van der Waals surface area contributed by atoms with E-state index in [1.54, 1.807) is 24.3 Å². The highest BCUT2D eigenvalue weighted by molar-refractivity contribution is 6.40. The van der Waals surface area contributed by atoms with Crippen molar-refractivity contribution in [1.29, 1.82) is 0 Å². The molecule has 0 aliphatic heterocycles. The van der Waals surface area contributed by atoms with Gasteiger partial charge in [-0.05, 0) is 36.4 Å². The molecule has 1 aromatic heterocycles. The lowest BCUT2D eigenvalue weighted by Gasteiger charge is -2.09. The van der Waals surface area contributed by atoms with Gasteiger partial charge in [0.25, 0.3) is 5.91 Å². The Labute approximate surface area is 132 Å². The first-order chi connectivity index (χ1) is 10.1. The molecule has 1 heterocycles. The maximum Gasteiger partial charge on any atom is 0.255 e. The summed E-state index contributed by atoms with van der Waals surface area (Å²) in [6.07, 6.45) is 1.96. The van der Waals surface area contributed by atoms with E-state index in [0.29, 0.717) is 21.3 Å². The summed E-state index contributed by atoms with van der Waals surface area (Å²) in [6, 6.07) is 12.6. The van der Waals surface area contributed by atoms with Crippen LogP contribution in [0.5, 0.6) is 0 Å². The number of amides is 1. The number of carbonyl (C=O) groups is 1. The fourth-order valence-corrected chi connectivity index (χ4v) is 2.72. The minimum absolute atomic E-state index is 0.240. The third-order valence-corrected chi connectivity index (χ3v) is 3.98. The quantitative estimate of drug-likeness (QED) is 0.727. The lowest BCUT2D eigenvalue weighted by molar-refractivity contribution is 0.102. The molecule has 0 unspecified atom stereocenters. The first-order valence-corrected chi connectivity index (χ1v) is 7.12. The molecular weight excluding hydrogens is 307 g/mol. The van der Waals surface area contributed by atoms with Crippen molar-refractivity contribution < 1.29 is 4.79 Å². The van der Waals surface area contributed by atoms with Crippen molar-refractivity contribution in [3.63, 3.8) is 0 Å². The predicted molar refractivity (Wildman–Crippen MR) is 87.3 cm³/mol. The minimum atomic E-state index is -0.240. The zero-order valence-corrected chi connectivity index (χ0v) is 12.7. The van der Waals surface area contributed by atoms with Gasteiger partial charge in [-0.3, -0.25) is 4.79 Å². The number of carbonyl (C=O) groups excluding carboxylic acids is 1. The van der Waals surface area contributed by atoms with Gasteiger partial charge in [-0.25, -0.2) is 0 Å². The predicted octanol–water partition coefficient (Wildman–Crippen LogP) is 4.74. The van der Waals surface area contributed by atoms with E-state index in [4.69, 9.17) is 23.2 Å². The first-order valence-electron chi connectivity index (χ1n) is 6.37. The molecule has 106 valence electrons. The van der Waals surface area contributed by atoms with Gasteiger partial charge in [-0.1, -0.05) is 29.3 Å². The van der Waals surface area contributed by atoms with Crippen molar-refractivity contribution >= 4 is 45.7 Å². The summed E-state index contributed by atoms with van der Waals surface area (Å²) in [5.74, 6) is -0.240. The number of hydrogen-bond donors (Lipinski definition) is 1. The Kier molecular flexibility index (Phi) is 3.62. The largest absolute Gasteiger partial charge is 0.351 e. The molecule has 0 saturated carbocycles. The van der Waals surface area contributed by atoms with Crippen molar-refractivity contribution in [2.45, 2.75) is 0 Å². The molecule has 0 aliphatic carbocycles. The number of aromatic nitrogens is 1. The van der Waals surface area contributed by atoms with Crippen LogP contribution in [-0.4, -0.2) is 10.5 Å². The number of hydrogen-bond acceptors (Lipinski definition) is 1. The molecule has 0 fully saturated rings. The van der Waals surface area contributed by atoms with Crippen LogP contribution in [0.3, 0.4) is 0 Å². The van der Waals surface area contributed by atoms with Crippen molar-refractivity contribution in [2.75, 3.05) is 5.32 Å². The van der Waals surface area contributed by atoms with Crippen LogP contribution in [0.2, 0.25) is 10.0 Å². The van der Waals surface area contributed by atoms with Crippen molar-refractivity contribution in [2.24, 2.45) is 7.05 Å². The van der Waals surface area contributed by atoms with E-state index in [9.17, 15) is 4.79 Å². The molecule has 0 atom stereocenters. The molecule has 3 aromatic rings. The molecule has 0 aliphatic rings. The summed E-state index contributed by atoms with van der Waals surface area (Å²) < 4.78 is 2.00. The van der Waals surface area contributed by atoms with E-state index in [1.165, 1.54) is 0 Å². The summed E-state index contributed by atoms with van der Waals surface area (Å²) in [5.41, 5.74) is 2.06. The van der Waals surface area contributed by atoms with Crippen LogP contribution in [0.4, 0.5) is 5.69 Å². The Balaban J connectivity index is 1.93. The number of aryl methyl sites for hydroxylation is 1. The Bertz CT molecular complexity index is 819. The van der Waals surface area contributed by atoms with E-state index in [0.717, 1.165) is 10.9 Å². The molecule has 1 amide bonds. The molecule has 1 N–H and O–H groups in total. The number of rotatable bonds is 2. The average Bonchev–Trinajstić information content (AvgIpc) is 2.84. The number of nitrogens with zero attached hydrogens (tertiary/aromatic N) is 1. The molecule has 2 aromatic carbocycles. The van der Waals surface area contributed by atoms with Gasteiger partial charge in [-0.2, -0.15) is 0 Å². The van der Waals surface area contributed by atoms with Crippen LogP contribution in [-0.2, 0) is 7.05 Å². The number of halogens is 2. The van der Waals surface area contributed by atoms with E-state index in [-0.39, 0.29) is 5.91 Å². The molecule has 3 nitrogen and oxygen atoms in total. The average molecular weight is 319 g/mol. The number of benzene rings is 2. The molecule has 0 saturated heterocycles. The first kappa shape index (κ1) is 14.0. The normalized spacial score (nSPS) is 10.8. The second kappa shape index (κ2) is 5.43. The molecular formula is C16H12Cl2N2O. The standard InChI is InChI=1S/C16H12Cl2N2O/c1-20-8-7-10-9-11(5-6-14(10)20)16(21)19-15-12(17)3-2-4-13(15)18/h2-9H,1H3,(H,19,21). The third-order valence-electron chi connectivity index (χ3n) is 3.35. The van der Waals surface area contributed by atoms with Crippen molar-refractivity contribution in [3.05, 3.63) is 64.3 Å². The second-order valence-electron chi connectivity index (χ2n) is 4.75. The zero-order chi connectivity index (χ0) is 15.0. The lowest BCUT2D eigenvalue weighted by atomic mass is 10.1. The van der Waals surface area contributed by atoms with Gasteiger partial charge < -0.3 is 9.88 Å². The van der Waals surface area contributed by atoms with Crippen molar-refractivity contribution in [1.82, 2.24) is 4.57 Å². The summed E-state index contributed by atoms with van der Waals surface area (Å²) in [7, 11) is 1.96.